The van der Waals surface area contributed by atoms with Crippen LogP contribution in [-0.4, -0.2) is 22.3 Å². The van der Waals surface area contributed by atoms with Crippen molar-refractivity contribution < 1.29 is 14.3 Å². The lowest BCUT2D eigenvalue weighted by Crippen LogP contribution is -2.46. The Balaban J connectivity index is 1.48. The van der Waals surface area contributed by atoms with Gasteiger partial charge in [-0.05, 0) is 41.5 Å². The van der Waals surface area contributed by atoms with Crippen LogP contribution >= 0.6 is 22.9 Å². The Bertz CT molecular complexity index is 1430. The first-order chi connectivity index (χ1) is 15.6. The van der Waals surface area contributed by atoms with E-state index in [1.807, 2.05) is 53.6 Å². The predicted octanol–water partition coefficient (Wildman–Crippen LogP) is 4.84. The Kier molecular flexibility index (Phi) is 3.64. The van der Waals surface area contributed by atoms with Gasteiger partial charge in [-0.25, -0.2) is 4.98 Å². The van der Waals surface area contributed by atoms with Crippen LogP contribution in [0.5, 0.6) is 11.5 Å². The first-order valence-corrected chi connectivity index (χ1v) is 11.4. The van der Waals surface area contributed by atoms with Gasteiger partial charge in [0.05, 0.1) is 29.1 Å². The second kappa shape index (κ2) is 6.37. The third-order valence-electron chi connectivity index (χ3n) is 6.58. The van der Waals surface area contributed by atoms with Gasteiger partial charge < -0.3 is 18.9 Å². The minimum atomic E-state index is -0.873. The number of nitrogens with zero attached hydrogens (tertiary/aromatic N) is 3. The highest BCUT2D eigenvalue weighted by Gasteiger charge is 2.55. The van der Waals surface area contributed by atoms with E-state index in [0.717, 1.165) is 32.9 Å². The topological polar surface area (TPSA) is 56.6 Å². The molecule has 0 fully saturated rings. The number of hydrogen-bond acceptors (Lipinski definition) is 5. The van der Waals surface area contributed by atoms with Crippen molar-refractivity contribution in [1.82, 2.24) is 9.55 Å². The molecule has 8 heteroatoms. The van der Waals surface area contributed by atoms with Gasteiger partial charge in [-0.2, -0.15) is 0 Å². The number of aromatic nitrogens is 2. The number of benzene rings is 2. The summed E-state index contributed by atoms with van der Waals surface area (Å²) < 4.78 is 14.1. The molecule has 0 saturated heterocycles. The molecule has 5 heterocycles. The van der Waals surface area contributed by atoms with Crippen molar-refractivity contribution in [3.63, 3.8) is 0 Å². The van der Waals surface area contributed by atoms with Crippen LogP contribution in [0.3, 0.4) is 0 Å². The molecule has 1 spiro atoms. The molecule has 0 N–H and O–H groups in total. The Morgan fingerprint density at radius 1 is 1.09 bits per heavy atom. The van der Waals surface area contributed by atoms with Crippen molar-refractivity contribution in [3.05, 3.63) is 81.4 Å². The lowest BCUT2D eigenvalue weighted by Gasteiger charge is -2.36. The zero-order chi connectivity index (χ0) is 21.4. The SMILES string of the molecule is O=C1N(Cc2ccc(Cl)s2)c2ccccc2C12Cn1cncc1-c1cc3c(cc12)OCO3. The monoisotopic (exact) mass is 461 g/mol. The second-order valence-electron chi connectivity index (χ2n) is 8.18. The van der Waals surface area contributed by atoms with Crippen molar-refractivity contribution in [2.45, 2.75) is 18.5 Å². The van der Waals surface area contributed by atoms with Crippen LogP contribution in [0.1, 0.15) is 16.0 Å². The Hall–Kier alpha value is -3.29. The second-order valence-corrected chi connectivity index (χ2v) is 9.98. The average Bonchev–Trinajstić information content (AvgIpc) is 3.58. The number of imidazole rings is 1. The summed E-state index contributed by atoms with van der Waals surface area (Å²) in [6.07, 6.45) is 3.63. The summed E-state index contributed by atoms with van der Waals surface area (Å²) >= 11 is 7.67. The van der Waals surface area contributed by atoms with Crippen molar-refractivity contribution in [1.29, 1.82) is 0 Å². The van der Waals surface area contributed by atoms with Gasteiger partial charge in [0.2, 0.25) is 12.7 Å². The highest BCUT2D eigenvalue weighted by atomic mass is 35.5. The summed E-state index contributed by atoms with van der Waals surface area (Å²) in [6, 6.07) is 15.9. The molecule has 2 aromatic heterocycles. The molecule has 158 valence electrons. The van der Waals surface area contributed by atoms with Crippen molar-refractivity contribution in [2.75, 3.05) is 11.7 Å². The molecule has 3 aliphatic rings. The van der Waals surface area contributed by atoms with Crippen LogP contribution in [0.2, 0.25) is 4.34 Å². The van der Waals surface area contributed by atoms with Gasteiger partial charge in [-0.15, -0.1) is 11.3 Å². The minimum absolute atomic E-state index is 0.0442. The van der Waals surface area contributed by atoms with E-state index in [1.165, 1.54) is 11.3 Å². The van der Waals surface area contributed by atoms with Crippen LogP contribution in [0, 0.1) is 0 Å². The number of ether oxygens (including phenoxy) is 2. The van der Waals surface area contributed by atoms with E-state index in [1.54, 1.807) is 6.33 Å². The summed E-state index contributed by atoms with van der Waals surface area (Å²) in [6.45, 7) is 1.14. The van der Waals surface area contributed by atoms with E-state index in [9.17, 15) is 4.79 Å². The lowest BCUT2D eigenvalue weighted by atomic mass is 9.71. The van der Waals surface area contributed by atoms with Gasteiger partial charge in [-0.1, -0.05) is 29.8 Å². The molecular weight excluding hydrogens is 446 g/mol. The first kappa shape index (κ1) is 18.3. The lowest BCUT2D eigenvalue weighted by molar-refractivity contribution is -0.122. The first-order valence-electron chi connectivity index (χ1n) is 10.3. The standard InChI is InChI=1S/C24H16ClN3O3S/c25-22-6-5-14(32-22)10-28-18-4-2-1-3-16(18)24(23(28)29)11-27-12-26-9-19(27)15-7-20-21(8-17(15)24)31-13-30-20/h1-9,12H,10-11,13H2. The van der Waals surface area contributed by atoms with Crippen molar-refractivity contribution >= 4 is 34.5 Å². The average molecular weight is 462 g/mol. The zero-order valence-corrected chi connectivity index (χ0v) is 18.3. The summed E-state index contributed by atoms with van der Waals surface area (Å²) in [5.74, 6) is 1.41. The summed E-state index contributed by atoms with van der Waals surface area (Å²) in [5.41, 5.74) is 3.89. The number of halogens is 1. The maximum absolute atomic E-state index is 14.3. The number of fused-ring (bicyclic) bond motifs is 7. The van der Waals surface area contributed by atoms with Gasteiger partial charge in [0.1, 0.15) is 5.41 Å². The van der Waals surface area contributed by atoms with Crippen molar-refractivity contribution in [2.24, 2.45) is 0 Å². The number of anilines is 1. The molecule has 0 bridgehead atoms. The maximum Gasteiger partial charge on any atom is 0.244 e. The Morgan fingerprint density at radius 3 is 2.78 bits per heavy atom. The van der Waals surface area contributed by atoms with Crippen LogP contribution < -0.4 is 14.4 Å². The molecule has 1 atom stereocenters. The highest BCUT2D eigenvalue weighted by Crippen LogP contribution is 2.55. The Labute approximate surface area is 192 Å². The highest BCUT2D eigenvalue weighted by molar-refractivity contribution is 7.16. The third kappa shape index (κ3) is 2.29. The quantitative estimate of drug-likeness (QED) is 0.428. The van der Waals surface area contributed by atoms with Crippen LogP contribution in [0.4, 0.5) is 5.69 Å². The zero-order valence-electron chi connectivity index (χ0n) is 16.7. The molecule has 1 amide bonds. The smallest absolute Gasteiger partial charge is 0.244 e. The van der Waals surface area contributed by atoms with E-state index >= 15 is 0 Å². The summed E-state index contributed by atoms with van der Waals surface area (Å²) in [4.78, 5) is 21.6. The fraction of sp³-hybridized carbons (Fsp3) is 0.167. The van der Waals surface area contributed by atoms with E-state index in [-0.39, 0.29) is 12.7 Å². The predicted molar refractivity (Wildman–Crippen MR) is 122 cm³/mol. The number of amides is 1. The van der Waals surface area contributed by atoms with Crippen molar-refractivity contribution in [3.8, 4) is 22.8 Å². The number of para-hydroxylation sites is 1. The summed E-state index contributed by atoms with van der Waals surface area (Å²) in [5, 5.41) is 0. The largest absolute Gasteiger partial charge is 0.454 e. The molecule has 32 heavy (non-hydrogen) atoms. The molecule has 0 saturated carbocycles. The van der Waals surface area contributed by atoms with E-state index < -0.39 is 5.41 Å². The molecular formula is C24H16ClN3O3S. The fourth-order valence-electron chi connectivity index (χ4n) is 5.21. The van der Waals surface area contributed by atoms with Gasteiger partial charge >= 0.3 is 0 Å². The van der Waals surface area contributed by atoms with E-state index in [4.69, 9.17) is 21.1 Å². The minimum Gasteiger partial charge on any atom is -0.454 e. The number of carbonyl (C=O) groups is 1. The normalized spacial score (nSPS) is 19.9. The molecule has 0 radical (unpaired) electrons. The molecule has 4 aromatic rings. The van der Waals surface area contributed by atoms with Gasteiger partial charge in [0, 0.05) is 22.7 Å². The van der Waals surface area contributed by atoms with Gasteiger partial charge in [0.25, 0.3) is 0 Å². The number of rotatable bonds is 2. The van der Waals surface area contributed by atoms with Gasteiger partial charge in [-0.3, -0.25) is 4.79 Å². The Morgan fingerprint density at radius 2 is 1.94 bits per heavy atom. The van der Waals surface area contributed by atoms with Crippen LogP contribution in [0.25, 0.3) is 11.3 Å². The maximum atomic E-state index is 14.3. The van der Waals surface area contributed by atoms with Crippen LogP contribution in [0.15, 0.2) is 61.1 Å². The molecule has 3 aliphatic heterocycles. The molecule has 2 aromatic carbocycles. The third-order valence-corrected chi connectivity index (χ3v) is 7.79. The molecule has 1 unspecified atom stereocenters. The van der Waals surface area contributed by atoms with Gasteiger partial charge in [0.15, 0.2) is 11.5 Å². The van der Waals surface area contributed by atoms with Crippen LogP contribution in [-0.2, 0) is 23.3 Å². The fourth-order valence-corrected chi connectivity index (χ4v) is 6.28. The molecule has 0 aliphatic carbocycles. The molecule has 6 nitrogen and oxygen atoms in total. The van der Waals surface area contributed by atoms with E-state index in [2.05, 4.69) is 15.6 Å². The number of carbonyl (C=O) groups excluding carboxylic acids is 1. The number of thiophene rings is 1. The summed E-state index contributed by atoms with van der Waals surface area (Å²) in [7, 11) is 0. The number of hydrogen-bond donors (Lipinski definition) is 0. The molecule has 7 rings (SSSR count). The van der Waals surface area contributed by atoms with E-state index in [0.29, 0.717) is 28.9 Å².